The summed E-state index contributed by atoms with van der Waals surface area (Å²) >= 11 is 11.9. The molecule has 0 amide bonds. The Bertz CT molecular complexity index is 459. The second-order valence-corrected chi connectivity index (χ2v) is 5.37. The molecule has 0 unspecified atom stereocenters. The predicted molar refractivity (Wildman–Crippen MR) is 68.2 cm³/mol. The summed E-state index contributed by atoms with van der Waals surface area (Å²) in [4.78, 5) is 0. The van der Waals surface area contributed by atoms with E-state index in [4.69, 9.17) is 23.2 Å². The van der Waals surface area contributed by atoms with E-state index >= 15 is 0 Å². The van der Waals surface area contributed by atoms with Gasteiger partial charge < -0.3 is 5.11 Å². The number of halogens is 2. The summed E-state index contributed by atoms with van der Waals surface area (Å²) in [6, 6.07) is 7.74. The molecule has 2 rings (SSSR count). The number of nitrogens with zero attached hydrogens (tertiary/aromatic N) is 1. The number of rotatable bonds is 1. The van der Waals surface area contributed by atoms with E-state index in [9.17, 15) is 10.4 Å². The zero-order valence-electron chi connectivity index (χ0n) is 9.29. The second kappa shape index (κ2) is 4.86. The molecule has 1 aliphatic rings. The van der Waals surface area contributed by atoms with Gasteiger partial charge in [0.15, 0.2) is 0 Å². The summed E-state index contributed by atoms with van der Waals surface area (Å²) in [5.41, 5.74) is 0.384. The van der Waals surface area contributed by atoms with E-state index in [2.05, 4.69) is 6.07 Å². The average Bonchev–Trinajstić information content (AvgIpc) is 2.34. The Kier molecular flexibility index (Phi) is 3.63. The highest BCUT2D eigenvalue weighted by Gasteiger charge is 2.36. The molecule has 1 aliphatic carbocycles. The van der Waals surface area contributed by atoms with Gasteiger partial charge in [0.25, 0.3) is 0 Å². The van der Waals surface area contributed by atoms with E-state index in [1.807, 2.05) is 6.07 Å². The number of hydrogen-bond donors (Lipinski definition) is 1. The van der Waals surface area contributed by atoms with Crippen molar-refractivity contribution < 1.29 is 5.11 Å². The van der Waals surface area contributed by atoms with Gasteiger partial charge in [-0.1, -0.05) is 29.3 Å². The molecule has 0 heterocycles. The molecular formula is C13H13Cl2NO. The molecule has 0 bridgehead atoms. The molecule has 1 N–H and O–H groups in total. The van der Waals surface area contributed by atoms with Crippen molar-refractivity contribution in [2.75, 3.05) is 0 Å². The first-order chi connectivity index (χ1) is 8.07. The lowest BCUT2D eigenvalue weighted by Crippen LogP contribution is -2.32. The van der Waals surface area contributed by atoms with Crippen molar-refractivity contribution in [3.05, 3.63) is 33.8 Å². The lowest BCUT2D eigenvalue weighted by molar-refractivity contribution is 0.109. The molecule has 0 radical (unpaired) electrons. The molecule has 1 aromatic carbocycles. The minimum absolute atomic E-state index is 0.278. The third-order valence-electron chi connectivity index (χ3n) is 3.49. The molecule has 0 aromatic heterocycles. The topological polar surface area (TPSA) is 44.0 Å². The molecule has 0 atom stereocenters. The third kappa shape index (κ3) is 2.42. The number of aliphatic hydroxyl groups excluding tert-OH is 1. The standard InChI is InChI=1S/C13H13Cl2NO/c14-11-2-1-9(7-12(11)15)13(8-16)5-3-10(17)4-6-13/h1-2,7,10,17H,3-6H2/t10-,13-. The SMILES string of the molecule is N#C[C@]1(c2ccc(Cl)c(Cl)c2)CC[C@H](O)CC1. The zero-order valence-corrected chi connectivity index (χ0v) is 10.8. The van der Waals surface area contributed by atoms with Crippen molar-refractivity contribution in [1.82, 2.24) is 0 Å². The Morgan fingerprint density at radius 3 is 2.41 bits per heavy atom. The fraction of sp³-hybridized carbons (Fsp3) is 0.462. The van der Waals surface area contributed by atoms with Gasteiger partial charge in [0.1, 0.15) is 0 Å². The molecule has 1 fully saturated rings. The summed E-state index contributed by atoms with van der Waals surface area (Å²) in [5.74, 6) is 0. The summed E-state index contributed by atoms with van der Waals surface area (Å²) < 4.78 is 0. The van der Waals surface area contributed by atoms with Crippen molar-refractivity contribution >= 4 is 23.2 Å². The summed E-state index contributed by atoms with van der Waals surface area (Å²) in [6.45, 7) is 0. The Labute approximate surface area is 111 Å². The van der Waals surface area contributed by atoms with Gasteiger partial charge in [0.2, 0.25) is 0 Å². The van der Waals surface area contributed by atoms with Gasteiger partial charge >= 0.3 is 0 Å². The van der Waals surface area contributed by atoms with Gasteiger partial charge in [-0.15, -0.1) is 0 Å². The van der Waals surface area contributed by atoms with Crippen LogP contribution < -0.4 is 0 Å². The minimum atomic E-state index is -0.520. The van der Waals surface area contributed by atoms with Gasteiger partial charge in [-0.3, -0.25) is 0 Å². The van der Waals surface area contributed by atoms with Crippen LogP contribution in [0.4, 0.5) is 0 Å². The lowest BCUT2D eigenvalue weighted by Gasteiger charge is -2.33. The van der Waals surface area contributed by atoms with Crippen LogP contribution in [0.3, 0.4) is 0 Å². The largest absolute Gasteiger partial charge is 0.393 e. The van der Waals surface area contributed by atoms with Crippen molar-refractivity contribution in [3.63, 3.8) is 0 Å². The molecule has 2 nitrogen and oxygen atoms in total. The van der Waals surface area contributed by atoms with Gasteiger partial charge in [-0.05, 0) is 43.4 Å². The Morgan fingerprint density at radius 1 is 1.24 bits per heavy atom. The smallest absolute Gasteiger partial charge is 0.0824 e. The lowest BCUT2D eigenvalue weighted by atomic mass is 9.70. The molecular weight excluding hydrogens is 257 g/mol. The first-order valence-corrected chi connectivity index (χ1v) is 6.38. The fourth-order valence-electron chi connectivity index (χ4n) is 2.35. The summed E-state index contributed by atoms with van der Waals surface area (Å²) in [6.07, 6.45) is 2.38. The van der Waals surface area contributed by atoms with Gasteiger partial charge in [-0.25, -0.2) is 0 Å². The summed E-state index contributed by atoms with van der Waals surface area (Å²) in [7, 11) is 0. The van der Waals surface area contributed by atoms with Crippen LogP contribution >= 0.6 is 23.2 Å². The molecule has 90 valence electrons. The van der Waals surface area contributed by atoms with Crippen LogP contribution in [0, 0.1) is 11.3 Å². The van der Waals surface area contributed by atoms with Crippen LogP contribution in [0.15, 0.2) is 18.2 Å². The predicted octanol–water partition coefficient (Wildman–Crippen LogP) is 3.69. The number of benzene rings is 1. The molecule has 4 heteroatoms. The Balaban J connectivity index is 2.35. The normalized spacial score (nSPS) is 28.7. The molecule has 1 aromatic rings. The molecule has 0 aliphatic heterocycles. The van der Waals surface area contributed by atoms with Crippen LogP contribution in [-0.4, -0.2) is 11.2 Å². The van der Waals surface area contributed by atoms with Crippen LogP contribution in [-0.2, 0) is 5.41 Å². The number of hydrogen-bond acceptors (Lipinski definition) is 2. The maximum Gasteiger partial charge on any atom is 0.0824 e. The zero-order chi connectivity index (χ0) is 12.5. The molecule has 0 spiro atoms. The molecule has 17 heavy (non-hydrogen) atoms. The molecule has 1 saturated carbocycles. The van der Waals surface area contributed by atoms with Gasteiger partial charge in [0.05, 0.1) is 27.6 Å². The van der Waals surface area contributed by atoms with Crippen molar-refractivity contribution in [2.24, 2.45) is 0 Å². The molecule has 0 saturated heterocycles. The quantitative estimate of drug-likeness (QED) is 0.845. The van der Waals surface area contributed by atoms with Gasteiger partial charge in [0, 0.05) is 0 Å². The van der Waals surface area contributed by atoms with Crippen LogP contribution in [0.1, 0.15) is 31.2 Å². The summed E-state index contributed by atoms with van der Waals surface area (Å²) in [5, 5.41) is 19.9. The van der Waals surface area contributed by atoms with E-state index in [1.54, 1.807) is 12.1 Å². The average molecular weight is 270 g/mol. The van der Waals surface area contributed by atoms with Crippen molar-refractivity contribution in [1.29, 1.82) is 5.26 Å². The van der Waals surface area contributed by atoms with Crippen LogP contribution in [0.25, 0.3) is 0 Å². The maximum absolute atomic E-state index is 9.53. The van der Waals surface area contributed by atoms with Crippen molar-refractivity contribution in [2.45, 2.75) is 37.2 Å². The third-order valence-corrected chi connectivity index (χ3v) is 4.23. The second-order valence-electron chi connectivity index (χ2n) is 4.55. The van der Waals surface area contributed by atoms with E-state index in [1.165, 1.54) is 0 Å². The van der Waals surface area contributed by atoms with E-state index < -0.39 is 5.41 Å². The first kappa shape index (κ1) is 12.7. The van der Waals surface area contributed by atoms with E-state index in [0.717, 1.165) is 5.56 Å². The Morgan fingerprint density at radius 2 is 1.88 bits per heavy atom. The fourth-order valence-corrected chi connectivity index (χ4v) is 2.65. The van der Waals surface area contributed by atoms with E-state index in [0.29, 0.717) is 35.7 Å². The van der Waals surface area contributed by atoms with Crippen LogP contribution in [0.2, 0.25) is 10.0 Å². The van der Waals surface area contributed by atoms with E-state index in [-0.39, 0.29) is 6.10 Å². The maximum atomic E-state index is 9.53. The Hall–Kier alpha value is -0.750. The first-order valence-electron chi connectivity index (χ1n) is 5.62. The monoisotopic (exact) mass is 269 g/mol. The van der Waals surface area contributed by atoms with Gasteiger partial charge in [-0.2, -0.15) is 5.26 Å². The number of nitriles is 1. The minimum Gasteiger partial charge on any atom is -0.393 e. The van der Waals surface area contributed by atoms with Crippen LogP contribution in [0.5, 0.6) is 0 Å². The highest BCUT2D eigenvalue weighted by molar-refractivity contribution is 6.42. The highest BCUT2D eigenvalue weighted by Crippen LogP contribution is 2.40. The highest BCUT2D eigenvalue weighted by atomic mass is 35.5. The number of aliphatic hydroxyl groups is 1. The van der Waals surface area contributed by atoms with Crippen molar-refractivity contribution in [3.8, 4) is 6.07 Å².